The number of rotatable bonds is 3. The minimum absolute atomic E-state index is 0.650. The summed E-state index contributed by atoms with van der Waals surface area (Å²) in [5, 5.41) is 7.18. The molecule has 2 aromatic rings. The number of aryl methyl sites for hydroxylation is 2. The lowest BCUT2D eigenvalue weighted by Gasteiger charge is -2.07. The van der Waals surface area contributed by atoms with E-state index in [0.29, 0.717) is 6.54 Å². The van der Waals surface area contributed by atoms with E-state index in [1.807, 2.05) is 6.20 Å². The molecule has 0 fully saturated rings. The predicted molar refractivity (Wildman–Crippen MR) is 66.3 cm³/mol. The van der Waals surface area contributed by atoms with Crippen molar-refractivity contribution in [1.82, 2.24) is 10.2 Å². The fourth-order valence-electron chi connectivity index (χ4n) is 1.89. The van der Waals surface area contributed by atoms with Crippen LogP contribution in [0.25, 0.3) is 11.3 Å². The van der Waals surface area contributed by atoms with Gasteiger partial charge in [0.25, 0.3) is 0 Å². The second-order valence-electron chi connectivity index (χ2n) is 4.13. The third kappa shape index (κ3) is 1.99. The first kappa shape index (κ1) is 10.9. The largest absolute Gasteiger partial charge is 0.330 e. The van der Waals surface area contributed by atoms with Gasteiger partial charge in [-0.1, -0.05) is 17.7 Å². The van der Waals surface area contributed by atoms with Crippen molar-refractivity contribution in [2.75, 3.05) is 6.54 Å². The molecule has 0 bridgehead atoms. The number of H-pyrrole nitrogens is 1. The third-order valence-electron chi connectivity index (χ3n) is 2.79. The van der Waals surface area contributed by atoms with Crippen molar-refractivity contribution in [1.29, 1.82) is 0 Å². The van der Waals surface area contributed by atoms with Crippen LogP contribution < -0.4 is 5.73 Å². The molecule has 0 saturated heterocycles. The van der Waals surface area contributed by atoms with Gasteiger partial charge in [-0.15, -0.1) is 0 Å². The maximum atomic E-state index is 5.59. The molecule has 2 rings (SSSR count). The fraction of sp³-hybridized carbons (Fsp3) is 0.308. The molecule has 3 nitrogen and oxygen atoms in total. The van der Waals surface area contributed by atoms with Crippen LogP contribution in [0.2, 0.25) is 0 Å². The Morgan fingerprint density at radius 3 is 2.88 bits per heavy atom. The van der Waals surface area contributed by atoms with Crippen LogP contribution in [-0.2, 0) is 6.42 Å². The molecule has 0 atom stereocenters. The van der Waals surface area contributed by atoms with Gasteiger partial charge >= 0.3 is 0 Å². The molecule has 0 saturated carbocycles. The fourth-order valence-corrected chi connectivity index (χ4v) is 1.89. The molecule has 3 N–H and O–H groups in total. The topological polar surface area (TPSA) is 54.7 Å². The molecule has 0 radical (unpaired) electrons. The molecule has 84 valence electrons. The molecule has 0 aliphatic rings. The summed E-state index contributed by atoms with van der Waals surface area (Å²) in [6, 6.07) is 6.44. The van der Waals surface area contributed by atoms with Crippen LogP contribution >= 0.6 is 0 Å². The zero-order valence-corrected chi connectivity index (χ0v) is 9.75. The van der Waals surface area contributed by atoms with E-state index in [1.54, 1.807) is 0 Å². The molecule has 0 aliphatic heterocycles. The number of hydrogen-bond acceptors (Lipinski definition) is 2. The van der Waals surface area contributed by atoms with Crippen molar-refractivity contribution in [3.63, 3.8) is 0 Å². The average molecular weight is 215 g/mol. The summed E-state index contributed by atoms with van der Waals surface area (Å²) in [5.74, 6) is 0. The van der Waals surface area contributed by atoms with Crippen molar-refractivity contribution < 1.29 is 0 Å². The number of nitrogens with zero attached hydrogens (tertiary/aromatic N) is 1. The predicted octanol–water partition coefficient (Wildman–Crippen LogP) is 2.19. The maximum Gasteiger partial charge on any atom is 0.0685 e. The first-order valence-corrected chi connectivity index (χ1v) is 5.52. The van der Waals surface area contributed by atoms with Crippen LogP contribution in [0.15, 0.2) is 24.4 Å². The molecular formula is C13H17N3. The zero-order chi connectivity index (χ0) is 11.5. The molecule has 1 aromatic heterocycles. The van der Waals surface area contributed by atoms with E-state index in [0.717, 1.165) is 12.1 Å². The number of nitrogens with two attached hydrogens (primary N) is 1. The average Bonchev–Trinajstić information content (AvgIpc) is 2.70. The summed E-state index contributed by atoms with van der Waals surface area (Å²) in [6.45, 7) is 4.86. The minimum Gasteiger partial charge on any atom is -0.330 e. The highest BCUT2D eigenvalue weighted by molar-refractivity contribution is 5.67. The molecule has 0 amide bonds. The molecular weight excluding hydrogens is 198 g/mol. The summed E-state index contributed by atoms with van der Waals surface area (Å²) in [4.78, 5) is 0. The quantitative estimate of drug-likeness (QED) is 0.824. The highest BCUT2D eigenvalue weighted by atomic mass is 15.1. The standard InChI is InChI=1S/C13H17N3/c1-9-3-4-10(2)12(7-9)13-11(5-6-14)8-15-16-13/h3-4,7-8H,5-6,14H2,1-2H3,(H,15,16). The molecule has 3 heteroatoms. The van der Waals surface area contributed by atoms with Crippen LogP contribution in [-0.4, -0.2) is 16.7 Å². The molecule has 0 spiro atoms. The Bertz CT molecular complexity index is 486. The van der Waals surface area contributed by atoms with E-state index in [4.69, 9.17) is 5.73 Å². The van der Waals surface area contributed by atoms with Crippen molar-refractivity contribution in [2.45, 2.75) is 20.3 Å². The van der Waals surface area contributed by atoms with Crippen molar-refractivity contribution >= 4 is 0 Å². The van der Waals surface area contributed by atoms with E-state index in [9.17, 15) is 0 Å². The number of aromatic nitrogens is 2. The summed E-state index contributed by atoms with van der Waals surface area (Å²) >= 11 is 0. The van der Waals surface area contributed by atoms with Crippen LogP contribution in [0.3, 0.4) is 0 Å². The summed E-state index contributed by atoms with van der Waals surface area (Å²) in [6.07, 6.45) is 2.73. The number of aromatic amines is 1. The summed E-state index contributed by atoms with van der Waals surface area (Å²) in [7, 11) is 0. The van der Waals surface area contributed by atoms with Gasteiger partial charge in [0.05, 0.1) is 11.9 Å². The summed E-state index contributed by atoms with van der Waals surface area (Å²) < 4.78 is 0. The molecule has 1 aromatic carbocycles. The van der Waals surface area contributed by atoms with Crippen LogP contribution in [0, 0.1) is 13.8 Å². The molecule has 0 unspecified atom stereocenters. The minimum atomic E-state index is 0.650. The number of hydrogen-bond donors (Lipinski definition) is 2. The van der Waals surface area contributed by atoms with Gasteiger partial charge in [0.15, 0.2) is 0 Å². The number of benzene rings is 1. The summed E-state index contributed by atoms with van der Waals surface area (Å²) in [5.41, 5.74) is 11.6. The highest BCUT2D eigenvalue weighted by Crippen LogP contribution is 2.25. The van der Waals surface area contributed by atoms with Crippen molar-refractivity contribution in [2.24, 2.45) is 5.73 Å². The molecule has 0 aliphatic carbocycles. The van der Waals surface area contributed by atoms with Crippen LogP contribution in [0.1, 0.15) is 16.7 Å². The van der Waals surface area contributed by atoms with Gasteiger partial charge < -0.3 is 5.73 Å². The lowest BCUT2D eigenvalue weighted by atomic mass is 9.99. The first-order valence-electron chi connectivity index (χ1n) is 5.52. The Balaban J connectivity index is 2.49. The van der Waals surface area contributed by atoms with E-state index in [-0.39, 0.29) is 0 Å². The van der Waals surface area contributed by atoms with Gasteiger partial charge in [0, 0.05) is 5.56 Å². The van der Waals surface area contributed by atoms with Gasteiger partial charge in [-0.3, -0.25) is 5.10 Å². The van der Waals surface area contributed by atoms with Crippen LogP contribution in [0.4, 0.5) is 0 Å². The van der Waals surface area contributed by atoms with Crippen LogP contribution in [0.5, 0.6) is 0 Å². The Morgan fingerprint density at radius 1 is 1.31 bits per heavy atom. The SMILES string of the molecule is Cc1ccc(C)c(-c2[nH]ncc2CCN)c1. The lowest BCUT2D eigenvalue weighted by Crippen LogP contribution is -2.03. The van der Waals surface area contributed by atoms with Crippen molar-refractivity contribution in [3.8, 4) is 11.3 Å². The van der Waals surface area contributed by atoms with Gasteiger partial charge in [-0.25, -0.2) is 0 Å². The van der Waals surface area contributed by atoms with E-state index in [1.165, 1.54) is 22.3 Å². The Kier molecular flexibility index (Phi) is 3.06. The smallest absolute Gasteiger partial charge is 0.0685 e. The molecule has 16 heavy (non-hydrogen) atoms. The second-order valence-corrected chi connectivity index (χ2v) is 4.13. The van der Waals surface area contributed by atoms with E-state index >= 15 is 0 Å². The molecule has 1 heterocycles. The highest BCUT2D eigenvalue weighted by Gasteiger charge is 2.09. The number of nitrogens with one attached hydrogen (secondary N) is 1. The monoisotopic (exact) mass is 215 g/mol. The van der Waals surface area contributed by atoms with E-state index < -0.39 is 0 Å². The Morgan fingerprint density at radius 2 is 2.12 bits per heavy atom. The second kappa shape index (κ2) is 4.49. The van der Waals surface area contributed by atoms with E-state index in [2.05, 4.69) is 42.2 Å². The van der Waals surface area contributed by atoms with Gasteiger partial charge in [-0.05, 0) is 44.0 Å². The van der Waals surface area contributed by atoms with Gasteiger partial charge in [0.1, 0.15) is 0 Å². The Labute approximate surface area is 95.7 Å². The maximum absolute atomic E-state index is 5.59. The first-order chi connectivity index (χ1) is 7.72. The normalized spacial score (nSPS) is 10.7. The zero-order valence-electron chi connectivity index (χ0n) is 9.75. The van der Waals surface area contributed by atoms with Gasteiger partial charge in [0.2, 0.25) is 0 Å². The van der Waals surface area contributed by atoms with Crippen molar-refractivity contribution in [3.05, 3.63) is 41.1 Å². The third-order valence-corrected chi connectivity index (χ3v) is 2.79. The van der Waals surface area contributed by atoms with Gasteiger partial charge in [-0.2, -0.15) is 5.10 Å². The Hall–Kier alpha value is -1.61. The lowest BCUT2D eigenvalue weighted by molar-refractivity contribution is 0.971.